The first-order chi connectivity index (χ1) is 13.7. The summed E-state index contributed by atoms with van der Waals surface area (Å²) in [5.41, 5.74) is 3.04. The maximum atomic E-state index is 13.2. The van der Waals surface area contributed by atoms with Gasteiger partial charge in [-0.1, -0.05) is 37.3 Å². The number of hydrogen-bond donors (Lipinski definition) is 1. The Morgan fingerprint density at radius 3 is 2.82 bits per heavy atom. The van der Waals surface area contributed by atoms with Crippen molar-refractivity contribution in [2.45, 2.75) is 32.4 Å². The van der Waals surface area contributed by atoms with E-state index in [-0.39, 0.29) is 17.5 Å². The van der Waals surface area contributed by atoms with Gasteiger partial charge in [-0.05, 0) is 12.0 Å². The van der Waals surface area contributed by atoms with Gasteiger partial charge in [0.05, 0.1) is 18.1 Å². The molecule has 28 heavy (non-hydrogen) atoms. The van der Waals surface area contributed by atoms with Crippen LogP contribution in [0.3, 0.4) is 0 Å². The van der Waals surface area contributed by atoms with Crippen molar-refractivity contribution in [3.05, 3.63) is 57.6 Å². The van der Waals surface area contributed by atoms with Crippen LogP contribution in [0.4, 0.5) is 0 Å². The molecule has 1 saturated heterocycles. The fourth-order valence-electron chi connectivity index (χ4n) is 3.74. The maximum Gasteiger partial charge on any atom is 0.281 e. The molecular weight excluding hydrogens is 374 g/mol. The van der Waals surface area contributed by atoms with Gasteiger partial charge in [0.2, 0.25) is 5.91 Å². The number of amides is 1. The number of nitrogens with one attached hydrogen (secondary N) is 1. The molecule has 0 radical (unpaired) electrons. The number of thiazole rings is 1. The van der Waals surface area contributed by atoms with Gasteiger partial charge in [-0.25, -0.2) is 9.97 Å². The third kappa shape index (κ3) is 3.70. The van der Waals surface area contributed by atoms with E-state index in [1.807, 2.05) is 30.3 Å². The molecule has 0 saturated carbocycles. The fourth-order valence-corrected chi connectivity index (χ4v) is 4.39. The minimum Gasteiger partial charge on any atom is -0.355 e. The molecule has 4 rings (SSSR count). The van der Waals surface area contributed by atoms with Crippen LogP contribution < -0.4 is 10.9 Å². The van der Waals surface area contributed by atoms with E-state index in [0.29, 0.717) is 36.4 Å². The second-order valence-electron chi connectivity index (χ2n) is 6.91. The van der Waals surface area contributed by atoms with Crippen molar-refractivity contribution < 1.29 is 4.79 Å². The fraction of sp³-hybridized carbons (Fsp3) is 0.400. The molecule has 0 bridgehead atoms. The Morgan fingerprint density at radius 1 is 1.21 bits per heavy atom. The summed E-state index contributed by atoms with van der Waals surface area (Å²) in [6, 6.07) is 9.89. The number of hydrogen-bond acceptors (Lipinski definition) is 6. The summed E-state index contributed by atoms with van der Waals surface area (Å²) in [5.74, 6) is 0.826. The Bertz CT molecular complexity index is 1030. The van der Waals surface area contributed by atoms with Crippen molar-refractivity contribution in [3.8, 4) is 0 Å². The Hall–Kier alpha value is -2.58. The van der Waals surface area contributed by atoms with Gasteiger partial charge < -0.3 is 5.32 Å². The monoisotopic (exact) mass is 397 g/mol. The van der Waals surface area contributed by atoms with Gasteiger partial charge in [-0.2, -0.15) is 0 Å². The highest BCUT2D eigenvalue weighted by molar-refractivity contribution is 7.16. The molecule has 3 heterocycles. The molecule has 3 aromatic rings. The van der Waals surface area contributed by atoms with Gasteiger partial charge in [0.25, 0.3) is 5.56 Å². The molecule has 0 aliphatic carbocycles. The summed E-state index contributed by atoms with van der Waals surface area (Å²) < 4.78 is 1.76. The lowest BCUT2D eigenvalue weighted by atomic mass is 10.1. The summed E-state index contributed by atoms with van der Waals surface area (Å²) in [6.45, 7) is 4.57. The zero-order chi connectivity index (χ0) is 19.5. The predicted octanol–water partition coefficient (Wildman–Crippen LogP) is 2.17. The Labute approximate surface area is 167 Å². The largest absolute Gasteiger partial charge is 0.355 e. The summed E-state index contributed by atoms with van der Waals surface area (Å²) in [4.78, 5) is 37.0. The Morgan fingerprint density at radius 2 is 2.04 bits per heavy atom. The van der Waals surface area contributed by atoms with E-state index < -0.39 is 0 Å². The normalized spacial score (nSPS) is 16.7. The topological polar surface area (TPSA) is 80.1 Å². The summed E-state index contributed by atoms with van der Waals surface area (Å²) in [5, 5.41) is 2.92. The van der Waals surface area contributed by atoms with Crippen molar-refractivity contribution in [1.82, 2.24) is 24.8 Å². The van der Waals surface area contributed by atoms with E-state index in [1.54, 1.807) is 10.1 Å². The molecular formula is C20H23N5O2S. The molecule has 1 unspecified atom stereocenters. The van der Waals surface area contributed by atoms with Gasteiger partial charge >= 0.3 is 0 Å². The third-order valence-electron chi connectivity index (χ3n) is 5.15. The zero-order valence-corrected chi connectivity index (χ0v) is 16.6. The number of benzene rings is 1. The molecule has 1 atom stereocenters. The minimum absolute atomic E-state index is 0.0318. The molecule has 0 spiro atoms. The second kappa shape index (κ2) is 8.20. The molecule has 8 heteroatoms. The lowest BCUT2D eigenvalue weighted by Crippen LogP contribution is -2.37. The van der Waals surface area contributed by atoms with E-state index >= 15 is 0 Å². The first kappa shape index (κ1) is 18.8. The van der Waals surface area contributed by atoms with Gasteiger partial charge in [-0.15, -0.1) is 11.3 Å². The maximum absolute atomic E-state index is 13.2. The zero-order valence-electron chi connectivity index (χ0n) is 15.8. The molecule has 1 amide bonds. The van der Waals surface area contributed by atoms with Gasteiger partial charge in [0.15, 0.2) is 10.3 Å². The van der Waals surface area contributed by atoms with Crippen LogP contribution in [0.15, 0.2) is 40.6 Å². The van der Waals surface area contributed by atoms with Crippen molar-refractivity contribution in [1.29, 1.82) is 0 Å². The quantitative estimate of drug-likeness (QED) is 0.714. The minimum atomic E-state index is -0.104. The smallest absolute Gasteiger partial charge is 0.281 e. The van der Waals surface area contributed by atoms with Crippen LogP contribution in [-0.4, -0.2) is 45.0 Å². The molecule has 7 nitrogen and oxygen atoms in total. The summed E-state index contributed by atoms with van der Waals surface area (Å²) >= 11 is 1.39. The first-order valence-electron chi connectivity index (χ1n) is 9.56. The predicted molar refractivity (Wildman–Crippen MR) is 109 cm³/mol. The average molecular weight is 398 g/mol. The van der Waals surface area contributed by atoms with Crippen molar-refractivity contribution >= 4 is 27.6 Å². The van der Waals surface area contributed by atoms with Crippen LogP contribution in [0, 0.1) is 0 Å². The number of nitrogens with zero attached hydrogens (tertiary/aromatic N) is 4. The molecule has 1 aromatic carbocycles. The standard InChI is InChI=1S/C20H23N5O2S/c1-2-15(24-10-8-16(26)21-9-11-24)18-23-19-17(22-13-28-19)20(27)25(18)12-14-6-4-3-5-7-14/h3-7,13,15H,2,8-12H2,1H3,(H,21,26). The van der Waals surface area contributed by atoms with Crippen molar-refractivity contribution in [3.63, 3.8) is 0 Å². The Balaban J connectivity index is 1.80. The van der Waals surface area contributed by atoms with Gasteiger partial charge in [0.1, 0.15) is 5.82 Å². The summed E-state index contributed by atoms with van der Waals surface area (Å²) in [7, 11) is 0. The number of carbonyl (C=O) groups excluding carboxylic acids is 1. The van der Waals surface area contributed by atoms with E-state index in [4.69, 9.17) is 4.98 Å². The molecule has 1 aliphatic heterocycles. The number of carbonyl (C=O) groups is 1. The first-order valence-corrected chi connectivity index (χ1v) is 10.4. The van der Waals surface area contributed by atoms with Crippen molar-refractivity contribution in [2.75, 3.05) is 19.6 Å². The molecule has 146 valence electrons. The van der Waals surface area contributed by atoms with Crippen molar-refractivity contribution in [2.24, 2.45) is 0 Å². The van der Waals surface area contributed by atoms with E-state index in [2.05, 4.69) is 22.1 Å². The van der Waals surface area contributed by atoms with Gasteiger partial charge in [0, 0.05) is 26.1 Å². The Kier molecular flexibility index (Phi) is 5.50. The van der Waals surface area contributed by atoms with Crippen LogP contribution in [0.1, 0.15) is 37.2 Å². The van der Waals surface area contributed by atoms with E-state index in [0.717, 1.165) is 24.4 Å². The number of rotatable bonds is 5. The molecule has 1 fully saturated rings. The van der Waals surface area contributed by atoms with E-state index in [9.17, 15) is 9.59 Å². The average Bonchev–Trinajstić information content (AvgIpc) is 3.08. The van der Waals surface area contributed by atoms with Crippen LogP contribution in [-0.2, 0) is 11.3 Å². The van der Waals surface area contributed by atoms with Gasteiger partial charge in [-0.3, -0.25) is 19.1 Å². The van der Waals surface area contributed by atoms with Crippen LogP contribution >= 0.6 is 11.3 Å². The third-order valence-corrected chi connectivity index (χ3v) is 5.86. The number of fused-ring (bicyclic) bond motifs is 1. The van der Waals surface area contributed by atoms with Crippen LogP contribution in [0.25, 0.3) is 10.3 Å². The lowest BCUT2D eigenvalue weighted by Gasteiger charge is -2.30. The SMILES string of the molecule is CCC(c1nc2scnc2c(=O)n1Cc1ccccc1)N1CCNC(=O)CC1. The highest BCUT2D eigenvalue weighted by Crippen LogP contribution is 2.25. The summed E-state index contributed by atoms with van der Waals surface area (Å²) in [6.07, 6.45) is 1.27. The molecule has 2 aromatic heterocycles. The van der Waals surface area contributed by atoms with E-state index in [1.165, 1.54) is 11.3 Å². The highest BCUT2D eigenvalue weighted by atomic mass is 32.1. The molecule has 1 N–H and O–H groups in total. The van der Waals surface area contributed by atoms with Crippen LogP contribution in [0.2, 0.25) is 0 Å². The second-order valence-corrected chi connectivity index (χ2v) is 7.75. The van der Waals surface area contributed by atoms with Crippen LogP contribution in [0.5, 0.6) is 0 Å². The highest BCUT2D eigenvalue weighted by Gasteiger charge is 2.27. The molecule has 1 aliphatic rings. The number of aromatic nitrogens is 3. The lowest BCUT2D eigenvalue weighted by molar-refractivity contribution is -0.120.